The average Bonchev–Trinajstić information content (AvgIpc) is 2.70. The summed E-state index contributed by atoms with van der Waals surface area (Å²) in [6.45, 7) is 6.35. The monoisotopic (exact) mass is 213 g/mol. The lowest BCUT2D eigenvalue weighted by Crippen LogP contribution is -2.21. The van der Waals surface area contributed by atoms with Gasteiger partial charge in [-0.2, -0.15) is 4.98 Å². The van der Waals surface area contributed by atoms with Crippen molar-refractivity contribution in [2.75, 3.05) is 13.7 Å². The van der Waals surface area contributed by atoms with E-state index >= 15 is 0 Å². The Morgan fingerprint density at radius 2 is 2.20 bits per heavy atom. The molecular formula is C10H19N3O2. The van der Waals surface area contributed by atoms with Crippen LogP contribution in [0.4, 0.5) is 0 Å². The zero-order chi connectivity index (χ0) is 11.5. The standard InChI is InChI=1S/C10H19N3O2/c1-5-7(6-11)8-12-9(13-15-8)10(2,3)14-4/h7H,5-6,11H2,1-4H3. The number of hydrogen-bond acceptors (Lipinski definition) is 5. The Morgan fingerprint density at radius 1 is 1.53 bits per heavy atom. The smallest absolute Gasteiger partial charge is 0.231 e. The zero-order valence-corrected chi connectivity index (χ0v) is 9.78. The first-order chi connectivity index (χ1) is 7.05. The van der Waals surface area contributed by atoms with Crippen molar-refractivity contribution >= 4 is 0 Å². The summed E-state index contributed by atoms with van der Waals surface area (Å²) in [5, 5.41) is 3.91. The van der Waals surface area contributed by atoms with E-state index in [2.05, 4.69) is 10.1 Å². The molecule has 1 atom stereocenters. The third kappa shape index (κ3) is 2.54. The fourth-order valence-corrected chi connectivity index (χ4v) is 1.18. The van der Waals surface area contributed by atoms with Gasteiger partial charge in [0.05, 0.1) is 5.92 Å². The molecule has 2 N–H and O–H groups in total. The molecule has 86 valence electrons. The van der Waals surface area contributed by atoms with E-state index in [9.17, 15) is 0 Å². The predicted octanol–water partition coefficient (Wildman–Crippen LogP) is 1.40. The van der Waals surface area contributed by atoms with E-state index in [1.54, 1.807) is 7.11 Å². The van der Waals surface area contributed by atoms with Crippen molar-refractivity contribution in [3.63, 3.8) is 0 Å². The Kier molecular flexibility index (Phi) is 3.82. The maximum atomic E-state index is 5.61. The van der Waals surface area contributed by atoms with Gasteiger partial charge < -0.3 is 15.0 Å². The number of hydrogen-bond donors (Lipinski definition) is 1. The fraction of sp³-hybridized carbons (Fsp3) is 0.800. The van der Waals surface area contributed by atoms with Gasteiger partial charge in [0.1, 0.15) is 5.60 Å². The number of aromatic nitrogens is 2. The Hall–Kier alpha value is -0.940. The molecular weight excluding hydrogens is 194 g/mol. The fourth-order valence-electron chi connectivity index (χ4n) is 1.18. The van der Waals surface area contributed by atoms with Crippen LogP contribution in [0.3, 0.4) is 0 Å². The van der Waals surface area contributed by atoms with E-state index in [0.717, 1.165) is 6.42 Å². The number of rotatable bonds is 5. The van der Waals surface area contributed by atoms with Crippen LogP contribution in [-0.2, 0) is 10.3 Å². The van der Waals surface area contributed by atoms with E-state index < -0.39 is 5.60 Å². The molecule has 0 aliphatic heterocycles. The summed E-state index contributed by atoms with van der Waals surface area (Å²) in [6, 6.07) is 0. The molecule has 15 heavy (non-hydrogen) atoms. The van der Waals surface area contributed by atoms with Crippen LogP contribution < -0.4 is 5.73 Å². The summed E-state index contributed by atoms with van der Waals surface area (Å²) in [5.74, 6) is 1.30. The molecule has 0 bridgehead atoms. The quantitative estimate of drug-likeness (QED) is 0.800. The van der Waals surface area contributed by atoms with Gasteiger partial charge in [-0.05, 0) is 20.3 Å². The topological polar surface area (TPSA) is 74.2 Å². The van der Waals surface area contributed by atoms with Gasteiger partial charge in [-0.3, -0.25) is 0 Å². The SMILES string of the molecule is CCC(CN)c1nc(C(C)(C)OC)no1. The van der Waals surface area contributed by atoms with Gasteiger partial charge in [0.15, 0.2) is 0 Å². The lowest BCUT2D eigenvalue weighted by molar-refractivity contribution is 0.00973. The van der Waals surface area contributed by atoms with E-state index in [0.29, 0.717) is 18.3 Å². The van der Waals surface area contributed by atoms with Gasteiger partial charge in [-0.15, -0.1) is 0 Å². The molecule has 0 spiro atoms. The van der Waals surface area contributed by atoms with Crippen molar-refractivity contribution in [2.24, 2.45) is 5.73 Å². The van der Waals surface area contributed by atoms with Crippen LogP contribution in [0.1, 0.15) is 44.8 Å². The molecule has 1 rings (SSSR count). The molecule has 5 nitrogen and oxygen atoms in total. The summed E-state index contributed by atoms with van der Waals surface area (Å²) in [5.41, 5.74) is 5.09. The lowest BCUT2D eigenvalue weighted by atomic mass is 10.1. The molecule has 0 aliphatic rings. The van der Waals surface area contributed by atoms with Crippen LogP contribution in [0.5, 0.6) is 0 Å². The van der Waals surface area contributed by atoms with E-state index in [-0.39, 0.29) is 5.92 Å². The van der Waals surface area contributed by atoms with Crippen molar-refractivity contribution in [2.45, 2.75) is 38.7 Å². The van der Waals surface area contributed by atoms with Gasteiger partial charge in [0, 0.05) is 13.7 Å². The molecule has 0 aromatic carbocycles. The average molecular weight is 213 g/mol. The molecule has 1 unspecified atom stereocenters. The maximum absolute atomic E-state index is 5.61. The van der Waals surface area contributed by atoms with E-state index in [1.165, 1.54) is 0 Å². The Bertz CT molecular complexity index is 305. The highest BCUT2D eigenvalue weighted by Gasteiger charge is 2.27. The zero-order valence-electron chi connectivity index (χ0n) is 9.78. The number of ether oxygens (including phenoxy) is 1. The lowest BCUT2D eigenvalue weighted by Gasteiger charge is -2.17. The largest absolute Gasteiger partial charge is 0.371 e. The normalized spacial score (nSPS) is 14.2. The molecule has 1 aromatic rings. The first kappa shape index (κ1) is 12.1. The Morgan fingerprint density at radius 3 is 2.67 bits per heavy atom. The second kappa shape index (κ2) is 4.72. The summed E-state index contributed by atoms with van der Waals surface area (Å²) in [7, 11) is 1.62. The molecule has 0 aliphatic carbocycles. The minimum absolute atomic E-state index is 0.138. The molecule has 5 heteroatoms. The Balaban J connectivity index is 2.89. The first-order valence-corrected chi connectivity index (χ1v) is 5.14. The minimum Gasteiger partial charge on any atom is -0.371 e. The Labute approximate surface area is 90.0 Å². The van der Waals surface area contributed by atoms with Crippen molar-refractivity contribution < 1.29 is 9.26 Å². The van der Waals surface area contributed by atoms with Crippen LogP contribution in [0.15, 0.2) is 4.52 Å². The van der Waals surface area contributed by atoms with Crippen LogP contribution in [0.25, 0.3) is 0 Å². The summed E-state index contributed by atoms with van der Waals surface area (Å²) >= 11 is 0. The highest BCUT2D eigenvalue weighted by Crippen LogP contribution is 2.23. The van der Waals surface area contributed by atoms with Crippen LogP contribution >= 0.6 is 0 Å². The van der Waals surface area contributed by atoms with Gasteiger partial charge in [0.2, 0.25) is 11.7 Å². The van der Waals surface area contributed by atoms with E-state index in [4.69, 9.17) is 15.0 Å². The van der Waals surface area contributed by atoms with Crippen molar-refractivity contribution in [3.05, 3.63) is 11.7 Å². The molecule has 0 saturated carbocycles. The highest BCUT2D eigenvalue weighted by atomic mass is 16.5. The van der Waals surface area contributed by atoms with Gasteiger partial charge in [0.25, 0.3) is 0 Å². The minimum atomic E-state index is -0.519. The molecule has 1 heterocycles. The van der Waals surface area contributed by atoms with Gasteiger partial charge >= 0.3 is 0 Å². The molecule has 0 amide bonds. The van der Waals surface area contributed by atoms with Gasteiger partial charge in [-0.1, -0.05) is 12.1 Å². The number of nitrogens with two attached hydrogens (primary N) is 1. The summed E-state index contributed by atoms with van der Waals surface area (Å²) < 4.78 is 10.4. The maximum Gasteiger partial charge on any atom is 0.231 e. The second-order valence-electron chi connectivity index (χ2n) is 4.01. The molecule has 0 saturated heterocycles. The van der Waals surface area contributed by atoms with Crippen LogP contribution in [0, 0.1) is 0 Å². The summed E-state index contributed by atoms with van der Waals surface area (Å²) in [6.07, 6.45) is 0.894. The number of nitrogens with zero attached hydrogens (tertiary/aromatic N) is 2. The van der Waals surface area contributed by atoms with Crippen LogP contribution in [0.2, 0.25) is 0 Å². The van der Waals surface area contributed by atoms with Gasteiger partial charge in [-0.25, -0.2) is 0 Å². The molecule has 0 fully saturated rings. The van der Waals surface area contributed by atoms with Crippen LogP contribution in [-0.4, -0.2) is 23.8 Å². The molecule has 0 radical (unpaired) electrons. The van der Waals surface area contributed by atoms with Crippen molar-refractivity contribution in [1.82, 2.24) is 10.1 Å². The second-order valence-corrected chi connectivity index (χ2v) is 4.01. The highest BCUT2D eigenvalue weighted by molar-refractivity contribution is 5.00. The third-order valence-corrected chi connectivity index (χ3v) is 2.62. The van der Waals surface area contributed by atoms with E-state index in [1.807, 2.05) is 20.8 Å². The summed E-state index contributed by atoms with van der Waals surface area (Å²) in [4.78, 5) is 4.31. The molecule has 1 aromatic heterocycles. The first-order valence-electron chi connectivity index (χ1n) is 5.14. The number of methoxy groups -OCH3 is 1. The van der Waals surface area contributed by atoms with Crippen molar-refractivity contribution in [1.29, 1.82) is 0 Å². The van der Waals surface area contributed by atoms with Crippen molar-refractivity contribution in [3.8, 4) is 0 Å². The predicted molar refractivity (Wildman–Crippen MR) is 56.4 cm³/mol. The third-order valence-electron chi connectivity index (χ3n) is 2.62.